The monoisotopic (exact) mass is 372 g/mol. The van der Waals surface area contributed by atoms with E-state index in [1.807, 2.05) is 0 Å². The molecule has 3 rings (SSSR count). The Kier molecular flexibility index (Phi) is 6.00. The number of benzene rings is 1. The van der Waals surface area contributed by atoms with Crippen LogP contribution in [0.2, 0.25) is 0 Å². The fourth-order valence-corrected chi connectivity index (χ4v) is 3.29. The third-order valence-corrected chi connectivity index (χ3v) is 4.79. The Bertz CT molecular complexity index is 952. The van der Waals surface area contributed by atoms with Gasteiger partial charge in [0, 0.05) is 12.8 Å². The van der Waals surface area contributed by atoms with Crippen LogP contribution < -0.4 is 10.9 Å². The second-order valence-electron chi connectivity index (χ2n) is 5.89. The molecule has 0 aliphatic rings. The van der Waals surface area contributed by atoms with Crippen LogP contribution in [0.1, 0.15) is 37.6 Å². The fourth-order valence-electron chi connectivity index (χ4n) is 2.49. The van der Waals surface area contributed by atoms with Gasteiger partial charge in [-0.2, -0.15) is 0 Å². The summed E-state index contributed by atoms with van der Waals surface area (Å²) in [6.07, 6.45) is 4.37. The average Bonchev–Trinajstić information content (AvgIpc) is 3.09. The largest absolute Gasteiger partial charge is 0.300 e. The second-order valence-corrected chi connectivity index (χ2v) is 6.95. The molecule has 0 bridgehead atoms. The van der Waals surface area contributed by atoms with Gasteiger partial charge in [-0.1, -0.05) is 48.4 Å². The Morgan fingerprint density at radius 2 is 2.04 bits per heavy atom. The second kappa shape index (κ2) is 8.61. The highest BCUT2D eigenvalue weighted by Gasteiger charge is 2.10. The van der Waals surface area contributed by atoms with Crippen LogP contribution >= 0.6 is 11.3 Å². The normalized spacial score (nSPS) is 11.0. The minimum absolute atomic E-state index is 0.109. The molecule has 9 heteroatoms. The molecule has 0 unspecified atom stereocenters. The average molecular weight is 372 g/mol. The molecule has 0 aliphatic heterocycles. The van der Waals surface area contributed by atoms with E-state index in [4.69, 9.17) is 0 Å². The molecule has 1 amide bonds. The van der Waals surface area contributed by atoms with Gasteiger partial charge in [0.15, 0.2) is 0 Å². The molecular formula is C17H20N6O2S. The lowest BCUT2D eigenvalue weighted by molar-refractivity contribution is -0.116. The first kappa shape index (κ1) is 18.1. The first-order chi connectivity index (χ1) is 12.7. The predicted molar refractivity (Wildman–Crippen MR) is 100 cm³/mol. The van der Waals surface area contributed by atoms with Crippen molar-refractivity contribution in [3.63, 3.8) is 0 Å². The lowest BCUT2D eigenvalue weighted by Crippen LogP contribution is -2.26. The molecule has 0 aliphatic carbocycles. The minimum Gasteiger partial charge on any atom is -0.300 e. The number of aryl methyl sites for hydroxylation is 2. The van der Waals surface area contributed by atoms with E-state index in [1.165, 1.54) is 16.0 Å². The zero-order chi connectivity index (χ0) is 18.4. The lowest BCUT2D eigenvalue weighted by Gasteiger charge is -2.04. The molecular weight excluding hydrogens is 352 g/mol. The van der Waals surface area contributed by atoms with Crippen molar-refractivity contribution < 1.29 is 4.79 Å². The number of carbonyl (C=O) groups is 1. The van der Waals surface area contributed by atoms with E-state index in [2.05, 4.69) is 32.7 Å². The molecule has 0 saturated heterocycles. The van der Waals surface area contributed by atoms with Crippen molar-refractivity contribution in [2.24, 2.45) is 0 Å². The third kappa shape index (κ3) is 4.48. The number of unbranched alkanes of at least 4 members (excludes halogenated alkanes) is 2. The van der Waals surface area contributed by atoms with Crippen molar-refractivity contribution in [2.75, 3.05) is 5.32 Å². The van der Waals surface area contributed by atoms with Crippen molar-refractivity contribution in [3.05, 3.63) is 39.6 Å². The van der Waals surface area contributed by atoms with Crippen LogP contribution in [-0.2, 0) is 17.8 Å². The zero-order valence-corrected chi connectivity index (χ0v) is 15.3. The number of hydrogen-bond acceptors (Lipinski definition) is 7. The van der Waals surface area contributed by atoms with Gasteiger partial charge in [0.1, 0.15) is 10.5 Å². The van der Waals surface area contributed by atoms with Crippen LogP contribution in [0.25, 0.3) is 10.9 Å². The number of amides is 1. The smallest absolute Gasteiger partial charge is 0.277 e. The minimum atomic E-state index is -0.252. The molecule has 0 saturated carbocycles. The van der Waals surface area contributed by atoms with Crippen molar-refractivity contribution >= 4 is 33.3 Å². The van der Waals surface area contributed by atoms with Gasteiger partial charge in [0.25, 0.3) is 5.56 Å². The summed E-state index contributed by atoms with van der Waals surface area (Å²) in [4.78, 5) is 24.4. The molecule has 0 radical (unpaired) electrons. The highest BCUT2D eigenvalue weighted by molar-refractivity contribution is 7.15. The molecule has 0 fully saturated rings. The lowest BCUT2D eigenvalue weighted by atomic mass is 10.2. The van der Waals surface area contributed by atoms with E-state index in [0.717, 1.165) is 30.7 Å². The Labute approximate surface area is 154 Å². The topological polar surface area (TPSA) is 103 Å². The Morgan fingerprint density at radius 1 is 1.19 bits per heavy atom. The van der Waals surface area contributed by atoms with Crippen LogP contribution in [0.5, 0.6) is 0 Å². The van der Waals surface area contributed by atoms with E-state index in [1.54, 1.807) is 24.3 Å². The first-order valence-electron chi connectivity index (χ1n) is 8.62. The summed E-state index contributed by atoms with van der Waals surface area (Å²) in [5.41, 5.74) is 0.292. The number of anilines is 1. The van der Waals surface area contributed by atoms with Crippen molar-refractivity contribution in [3.8, 4) is 0 Å². The van der Waals surface area contributed by atoms with E-state index in [0.29, 0.717) is 16.0 Å². The van der Waals surface area contributed by atoms with Gasteiger partial charge in [0.05, 0.1) is 11.9 Å². The predicted octanol–water partition coefficient (Wildman–Crippen LogP) is 2.40. The summed E-state index contributed by atoms with van der Waals surface area (Å²) in [6.45, 7) is 2.31. The number of hydrogen-bond donors (Lipinski definition) is 1. The molecule has 3 aromatic rings. The molecule has 2 heterocycles. The van der Waals surface area contributed by atoms with Crippen molar-refractivity contribution in [1.29, 1.82) is 0 Å². The van der Waals surface area contributed by atoms with Crippen molar-refractivity contribution in [1.82, 2.24) is 25.2 Å². The molecule has 1 N–H and O–H groups in total. The van der Waals surface area contributed by atoms with Gasteiger partial charge >= 0.3 is 0 Å². The van der Waals surface area contributed by atoms with E-state index in [9.17, 15) is 9.59 Å². The maximum Gasteiger partial charge on any atom is 0.277 e. The van der Waals surface area contributed by atoms with E-state index in [-0.39, 0.29) is 24.4 Å². The first-order valence-corrected chi connectivity index (χ1v) is 9.44. The summed E-state index contributed by atoms with van der Waals surface area (Å²) in [6, 6.07) is 7.00. The third-order valence-electron chi connectivity index (χ3n) is 3.89. The molecule has 136 valence electrons. The number of nitrogens with zero attached hydrogens (tertiary/aromatic N) is 5. The van der Waals surface area contributed by atoms with Crippen LogP contribution in [0.3, 0.4) is 0 Å². The summed E-state index contributed by atoms with van der Waals surface area (Å²) >= 11 is 1.39. The van der Waals surface area contributed by atoms with E-state index < -0.39 is 0 Å². The maximum absolute atomic E-state index is 12.3. The quantitative estimate of drug-likeness (QED) is 0.609. The Hall–Kier alpha value is -2.68. The molecule has 2 aromatic heterocycles. The number of carbonyl (C=O) groups excluding carboxylic acids is 1. The highest BCUT2D eigenvalue weighted by atomic mass is 32.1. The van der Waals surface area contributed by atoms with Crippen molar-refractivity contribution in [2.45, 2.75) is 45.6 Å². The highest BCUT2D eigenvalue weighted by Crippen LogP contribution is 2.17. The van der Waals surface area contributed by atoms with Gasteiger partial charge in [-0.25, -0.2) is 4.68 Å². The Morgan fingerprint density at radius 3 is 2.88 bits per heavy atom. The van der Waals surface area contributed by atoms with Gasteiger partial charge in [-0.3, -0.25) is 9.59 Å². The number of aromatic nitrogens is 5. The molecule has 8 nitrogen and oxygen atoms in total. The summed E-state index contributed by atoms with van der Waals surface area (Å²) in [5.74, 6) is -0.233. The molecule has 0 atom stereocenters. The number of rotatable bonds is 8. The van der Waals surface area contributed by atoms with Gasteiger partial charge < -0.3 is 5.32 Å². The van der Waals surface area contributed by atoms with Crippen LogP contribution in [0, 0.1) is 0 Å². The zero-order valence-electron chi connectivity index (χ0n) is 14.5. The maximum atomic E-state index is 12.3. The molecule has 1 aromatic carbocycles. The molecule has 0 spiro atoms. The standard InChI is InChI=1S/C17H20N6O2S/c1-2-3-4-9-15-20-21-17(26-15)18-14(24)10-11-23-16(25)12-7-5-6-8-13(12)19-22-23/h5-8H,2-4,9-11H2,1H3,(H,18,21,24). The van der Waals surface area contributed by atoms with Gasteiger partial charge in [0.2, 0.25) is 11.0 Å². The van der Waals surface area contributed by atoms with Gasteiger partial charge in [-0.05, 0) is 18.6 Å². The van der Waals surface area contributed by atoms with Crippen LogP contribution in [0.4, 0.5) is 5.13 Å². The fraction of sp³-hybridized carbons (Fsp3) is 0.412. The van der Waals surface area contributed by atoms with Crippen LogP contribution in [-0.4, -0.2) is 31.1 Å². The van der Waals surface area contributed by atoms with Gasteiger partial charge in [-0.15, -0.1) is 15.3 Å². The number of nitrogens with one attached hydrogen (secondary N) is 1. The summed E-state index contributed by atoms with van der Waals surface area (Å²) in [7, 11) is 0. The Balaban J connectivity index is 1.56. The van der Waals surface area contributed by atoms with Crippen LogP contribution in [0.15, 0.2) is 29.1 Å². The summed E-state index contributed by atoms with van der Waals surface area (Å²) in [5, 5.41) is 20.6. The number of fused-ring (bicyclic) bond motifs is 1. The molecule has 26 heavy (non-hydrogen) atoms. The summed E-state index contributed by atoms with van der Waals surface area (Å²) < 4.78 is 1.21. The SMILES string of the molecule is CCCCCc1nnc(NC(=O)CCn2nnc3ccccc3c2=O)s1. The van der Waals surface area contributed by atoms with E-state index >= 15 is 0 Å².